The van der Waals surface area contributed by atoms with Crippen molar-refractivity contribution in [3.63, 3.8) is 0 Å². The summed E-state index contributed by atoms with van der Waals surface area (Å²) in [7, 11) is 0. The van der Waals surface area contributed by atoms with Crippen molar-refractivity contribution in [3.05, 3.63) is 64.9 Å². The molecule has 2 N–H and O–H groups in total. The molecule has 0 radical (unpaired) electrons. The molecule has 146 valence electrons. The Hall–Kier alpha value is -3.00. The third-order valence-corrected chi connectivity index (χ3v) is 5.03. The zero-order chi connectivity index (χ0) is 19.9. The summed E-state index contributed by atoms with van der Waals surface area (Å²) in [5.74, 6) is 0.909. The van der Waals surface area contributed by atoms with Gasteiger partial charge in [-0.3, -0.25) is 5.32 Å². The SMILES string of the molecule is CC[C@H](C)c1ccc(OCc2nnc(NC(=O)Nc3ccc(F)cc3)s2)cc1. The first-order chi connectivity index (χ1) is 13.5. The molecule has 0 saturated heterocycles. The van der Waals surface area contributed by atoms with E-state index in [1.807, 2.05) is 12.1 Å². The number of ether oxygens (including phenoxy) is 1. The fourth-order valence-corrected chi connectivity index (χ4v) is 3.08. The number of hydrogen-bond donors (Lipinski definition) is 2. The van der Waals surface area contributed by atoms with Crippen molar-refractivity contribution in [1.29, 1.82) is 0 Å². The molecule has 1 heterocycles. The van der Waals surface area contributed by atoms with Crippen LogP contribution in [0.25, 0.3) is 0 Å². The van der Waals surface area contributed by atoms with Crippen LogP contribution in [0.3, 0.4) is 0 Å². The van der Waals surface area contributed by atoms with Crippen molar-refractivity contribution in [2.24, 2.45) is 0 Å². The number of nitrogens with zero attached hydrogens (tertiary/aromatic N) is 2. The first kappa shape index (κ1) is 19.8. The molecule has 6 nitrogen and oxygen atoms in total. The molecule has 0 spiro atoms. The fraction of sp³-hybridized carbons (Fsp3) is 0.250. The molecule has 2 aromatic carbocycles. The second-order valence-electron chi connectivity index (χ2n) is 6.25. The minimum absolute atomic E-state index is 0.265. The Kier molecular flexibility index (Phi) is 6.54. The number of nitrogens with one attached hydrogen (secondary N) is 2. The van der Waals surface area contributed by atoms with Crippen molar-refractivity contribution in [2.75, 3.05) is 10.6 Å². The van der Waals surface area contributed by atoms with E-state index in [9.17, 15) is 9.18 Å². The average molecular weight is 400 g/mol. The van der Waals surface area contributed by atoms with Gasteiger partial charge in [-0.25, -0.2) is 9.18 Å². The summed E-state index contributed by atoms with van der Waals surface area (Å²) in [6, 6.07) is 13.0. The third-order valence-electron chi connectivity index (χ3n) is 4.21. The highest BCUT2D eigenvalue weighted by Gasteiger charge is 2.09. The fourth-order valence-electron chi connectivity index (χ4n) is 2.43. The maximum atomic E-state index is 12.9. The van der Waals surface area contributed by atoms with Gasteiger partial charge in [0.25, 0.3) is 0 Å². The smallest absolute Gasteiger partial charge is 0.325 e. The molecule has 0 aliphatic heterocycles. The van der Waals surface area contributed by atoms with E-state index in [0.717, 1.165) is 12.2 Å². The molecule has 28 heavy (non-hydrogen) atoms. The zero-order valence-electron chi connectivity index (χ0n) is 15.6. The minimum atomic E-state index is -0.476. The van der Waals surface area contributed by atoms with Gasteiger partial charge in [0.15, 0.2) is 5.01 Å². The predicted molar refractivity (Wildman–Crippen MR) is 108 cm³/mol. The second kappa shape index (κ2) is 9.27. The number of benzene rings is 2. The van der Waals surface area contributed by atoms with Crippen LogP contribution in [0, 0.1) is 5.82 Å². The van der Waals surface area contributed by atoms with Gasteiger partial charge >= 0.3 is 6.03 Å². The summed E-state index contributed by atoms with van der Waals surface area (Å²) in [4.78, 5) is 12.0. The number of hydrogen-bond acceptors (Lipinski definition) is 5. The van der Waals surface area contributed by atoms with Crippen LogP contribution in [0.1, 0.15) is 36.8 Å². The molecule has 0 aliphatic carbocycles. The second-order valence-corrected chi connectivity index (χ2v) is 7.32. The van der Waals surface area contributed by atoms with Crippen molar-refractivity contribution in [2.45, 2.75) is 32.8 Å². The van der Waals surface area contributed by atoms with Crippen molar-refractivity contribution in [1.82, 2.24) is 10.2 Å². The highest BCUT2D eigenvalue weighted by molar-refractivity contribution is 7.15. The Balaban J connectivity index is 1.49. The van der Waals surface area contributed by atoms with Crippen molar-refractivity contribution in [3.8, 4) is 5.75 Å². The summed E-state index contributed by atoms with van der Waals surface area (Å²) in [5.41, 5.74) is 1.76. The predicted octanol–water partition coefficient (Wildman–Crippen LogP) is 5.41. The van der Waals surface area contributed by atoms with E-state index in [2.05, 4.69) is 46.8 Å². The largest absolute Gasteiger partial charge is 0.486 e. The van der Waals surface area contributed by atoms with Gasteiger partial charge in [0.1, 0.15) is 18.2 Å². The van der Waals surface area contributed by atoms with Crippen molar-refractivity contribution >= 4 is 28.2 Å². The molecule has 0 aliphatic rings. The molecule has 0 unspecified atom stereocenters. The van der Waals surface area contributed by atoms with Crippen LogP contribution in [0.2, 0.25) is 0 Å². The summed E-state index contributed by atoms with van der Waals surface area (Å²) in [6.45, 7) is 4.62. The topological polar surface area (TPSA) is 76.1 Å². The molecule has 0 saturated carbocycles. The van der Waals surface area contributed by atoms with E-state index in [-0.39, 0.29) is 12.4 Å². The number of amides is 2. The molecular formula is C20H21FN4O2S. The van der Waals surface area contributed by atoms with Gasteiger partial charge in [-0.05, 0) is 54.3 Å². The summed E-state index contributed by atoms with van der Waals surface area (Å²) >= 11 is 1.23. The van der Waals surface area contributed by atoms with Gasteiger partial charge in [-0.1, -0.05) is 37.3 Å². The lowest BCUT2D eigenvalue weighted by Crippen LogP contribution is -2.19. The van der Waals surface area contributed by atoms with Gasteiger partial charge in [-0.15, -0.1) is 10.2 Å². The molecular weight excluding hydrogens is 379 g/mol. The summed E-state index contributed by atoms with van der Waals surface area (Å²) < 4.78 is 18.6. The lowest BCUT2D eigenvalue weighted by Gasteiger charge is -2.10. The number of aromatic nitrogens is 2. The number of carbonyl (C=O) groups is 1. The molecule has 1 atom stereocenters. The minimum Gasteiger partial charge on any atom is -0.486 e. The first-order valence-corrected chi connectivity index (χ1v) is 9.74. The monoisotopic (exact) mass is 400 g/mol. The standard InChI is InChI=1S/C20H21FN4O2S/c1-3-13(2)14-4-10-17(11-5-14)27-12-18-24-25-20(28-18)23-19(26)22-16-8-6-15(21)7-9-16/h4-11,13H,3,12H2,1-2H3,(H2,22,23,25,26)/t13-/m0/s1. The average Bonchev–Trinajstić information content (AvgIpc) is 3.15. The van der Waals surface area contributed by atoms with Gasteiger partial charge in [-0.2, -0.15) is 0 Å². The molecule has 0 bridgehead atoms. The van der Waals surface area contributed by atoms with E-state index < -0.39 is 6.03 Å². The molecule has 0 fully saturated rings. The van der Waals surface area contributed by atoms with Crippen LogP contribution in [0.5, 0.6) is 5.75 Å². The number of rotatable bonds is 7. The Morgan fingerprint density at radius 2 is 1.82 bits per heavy atom. The maximum Gasteiger partial charge on any atom is 0.325 e. The molecule has 1 aromatic heterocycles. The van der Waals surface area contributed by atoms with E-state index in [1.165, 1.54) is 41.2 Å². The van der Waals surface area contributed by atoms with Crippen LogP contribution in [-0.4, -0.2) is 16.2 Å². The van der Waals surface area contributed by atoms with Gasteiger partial charge in [0, 0.05) is 5.69 Å². The lowest BCUT2D eigenvalue weighted by atomic mass is 9.99. The normalized spacial score (nSPS) is 11.7. The van der Waals surface area contributed by atoms with Crippen LogP contribution < -0.4 is 15.4 Å². The molecule has 8 heteroatoms. The van der Waals surface area contributed by atoms with Crippen LogP contribution in [-0.2, 0) is 6.61 Å². The maximum absolute atomic E-state index is 12.9. The van der Waals surface area contributed by atoms with Gasteiger partial charge < -0.3 is 10.1 Å². The van der Waals surface area contributed by atoms with Crippen LogP contribution in [0.4, 0.5) is 20.0 Å². The first-order valence-electron chi connectivity index (χ1n) is 8.92. The van der Waals surface area contributed by atoms with E-state index in [1.54, 1.807) is 0 Å². The zero-order valence-corrected chi connectivity index (χ0v) is 16.4. The van der Waals surface area contributed by atoms with E-state index in [4.69, 9.17) is 4.74 Å². The van der Waals surface area contributed by atoms with Crippen molar-refractivity contribution < 1.29 is 13.9 Å². The third kappa shape index (κ3) is 5.50. The lowest BCUT2D eigenvalue weighted by molar-refractivity contribution is 0.262. The number of halogens is 1. The van der Waals surface area contributed by atoms with Gasteiger partial charge in [0.2, 0.25) is 5.13 Å². The van der Waals surface area contributed by atoms with Crippen LogP contribution >= 0.6 is 11.3 Å². The molecule has 2 amide bonds. The highest BCUT2D eigenvalue weighted by Crippen LogP contribution is 2.23. The van der Waals surface area contributed by atoms with Gasteiger partial charge in [0.05, 0.1) is 0 Å². The molecule has 3 rings (SSSR count). The Bertz CT molecular complexity index is 913. The number of carbonyl (C=O) groups excluding carboxylic acids is 1. The quantitative estimate of drug-likeness (QED) is 0.556. The Morgan fingerprint density at radius 3 is 2.50 bits per heavy atom. The van der Waals surface area contributed by atoms with Crippen LogP contribution in [0.15, 0.2) is 48.5 Å². The number of urea groups is 1. The summed E-state index contributed by atoms with van der Waals surface area (Å²) in [5, 5.41) is 14.1. The Labute approximate surface area is 166 Å². The Morgan fingerprint density at radius 1 is 1.11 bits per heavy atom. The summed E-state index contributed by atoms with van der Waals surface area (Å²) in [6.07, 6.45) is 1.09. The van der Waals surface area contributed by atoms with E-state index in [0.29, 0.717) is 21.7 Å². The number of anilines is 2. The van der Waals surface area contributed by atoms with E-state index >= 15 is 0 Å². The molecule has 3 aromatic rings. The highest BCUT2D eigenvalue weighted by atomic mass is 32.1.